The van der Waals surface area contributed by atoms with Gasteiger partial charge in [0, 0.05) is 30.8 Å². The van der Waals surface area contributed by atoms with Crippen molar-refractivity contribution in [2.75, 3.05) is 7.05 Å². The van der Waals surface area contributed by atoms with Crippen LogP contribution in [0.2, 0.25) is 0 Å². The van der Waals surface area contributed by atoms with Gasteiger partial charge in [-0.05, 0) is 24.3 Å². The molecule has 0 aromatic carbocycles. The fourth-order valence-electron chi connectivity index (χ4n) is 2.31. The van der Waals surface area contributed by atoms with Gasteiger partial charge in [0.15, 0.2) is 0 Å². The van der Waals surface area contributed by atoms with Crippen molar-refractivity contribution in [2.45, 2.75) is 38.3 Å². The van der Waals surface area contributed by atoms with E-state index in [-0.39, 0.29) is 11.8 Å². The van der Waals surface area contributed by atoms with E-state index in [9.17, 15) is 9.59 Å². The van der Waals surface area contributed by atoms with Crippen molar-refractivity contribution >= 4 is 28.9 Å². The highest BCUT2D eigenvalue weighted by Gasteiger charge is 2.35. The van der Waals surface area contributed by atoms with Crippen LogP contribution in [0.5, 0.6) is 0 Å². The van der Waals surface area contributed by atoms with Gasteiger partial charge < -0.3 is 4.90 Å². The Labute approximate surface area is 121 Å². The number of hydrazone groups is 1. The summed E-state index contributed by atoms with van der Waals surface area (Å²) in [5.74, 6) is -0.0435. The van der Waals surface area contributed by atoms with Gasteiger partial charge in [-0.3, -0.25) is 9.59 Å². The standard InChI is InChI=1S/C14H17N3O2S/c1-16-13(18)7-6-12(15-16)14(19)17(10-4-5-10)9-11-3-2-8-20-11/h2-3,8,10H,4-7,9H2,1H3. The highest BCUT2D eigenvalue weighted by atomic mass is 32.1. The highest BCUT2D eigenvalue weighted by Crippen LogP contribution is 2.30. The van der Waals surface area contributed by atoms with Crippen molar-refractivity contribution in [1.82, 2.24) is 9.91 Å². The zero-order valence-electron chi connectivity index (χ0n) is 11.4. The molecule has 1 aliphatic heterocycles. The van der Waals surface area contributed by atoms with E-state index in [0.717, 1.165) is 12.8 Å². The van der Waals surface area contributed by atoms with Crippen LogP contribution in [-0.2, 0) is 16.1 Å². The lowest BCUT2D eigenvalue weighted by molar-refractivity contribution is -0.130. The molecule has 5 nitrogen and oxygen atoms in total. The fraction of sp³-hybridized carbons (Fsp3) is 0.500. The van der Waals surface area contributed by atoms with Crippen molar-refractivity contribution in [3.63, 3.8) is 0 Å². The molecule has 1 saturated carbocycles. The molecule has 2 aliphatic rings. The molecule has 3 rings (SSSR count). The first-order chi connectivity index (χ1) is 9.65. The topological polar surface area (TPSA) is 53.0 Å². The minimum atomic E-state index is -0.0298. The number of rotatable bonds is 4. The Morgan fingerprint density at radius 1 is 1.50 bits per heavy atom. The maximum atomic E-state index is 12.6. The molecule has 0 N–H and O–H groups in total. The molecule has 1 aromatic rings. The number of amides is 2. The van der Waals surface area contributed by atoms with Gasteiger partial charge in [0.25, 0.3) is 5.91 Å². The van der Waals surface area contributed by atoms with Crippen LogP contribution >= 0.6 is 11.3 Å². The number of nitrogens with zero attached hydrogens (tertiary/aromatic N) is 3. The molecule has 0 radical (unpaired) electrons. The normalized spacial score (nSPS) is 18.9. The van der Waals surface area contributed by atoms with Crippen molar-refractivity contribution < 1.29 is 9.59 Å². The third kappa shape index (κ3) is 2.75. The first kappa shape index (κ1) is 13.3. The van der Waals surface area contributed by atoms with E-state index in [0.29, 0.717) is 31.1 Å². The lowest BCUT2D eigenvalue weighted by Crippen LogP contribution is -2.41. The van der Waals surface area contributed by atoms with E-state index in [1.807, 2.05) is 22.4 Å². The Morgan fingerprint density at radius 2 is 2.30 bits per heavy atom. The quantitative estimate of drug-likeness (QED) is 0.850. The monoisotopic (exact) mass is 291 g/mol. The average Bonchev–Trinajstić information content (AvgIpc) is 3.15. The summed E-state index contributed by atoms with van der Waals surface area (Å²) in [5, 5.41) is 7.44. The van der Waals surface area contributed by atoms with Gasteiger partial charge >= 0.3 is 0 Å². The maximum absolute atomic E-state index is 12.6. The smallest absolute Gasteiger partial charge is 0.270 e. The molecular formula is C14H17N3O2S. The third-order valence-corrected chi connectivity index (χ3v) is 4.47. The predicted molar refractivity (Wildman–Crippen MR) is 77.3 cm³/mol. The van der Waals surface area contributed by atoms with Crippen LogP contribution in [-0.4, -0.2) is 40.5 Å². The second-order valence-electron chi connectivity index (χ2n) is 5.21. The van der Waals surface area contributed by atoms with Crippen molar-refractivity contribution in [1.29, 1.82) is 0 Å². The largest absolute Gasteiger partial charge is 0.329 e. The summed E-state index contributed by atoms with van der Waals surface area (Å²) in [6, 6.07) is 4.39. The lowest BCUT2D eigenvalue weighted by Gasteiger charge is -2.25. The SMILES string of the molecule is CN1N=C(C(=O)N(Cc2cccs2)C2CC2)CCC1=O. The van der Waals surface area contributed by atoms with E-state index in [1.165, 1.54) is 9.89 Å². The first-order valence-electron chi connectivity index (χ1n) is 6.82. The summed E-state index contributed by atoms with van der Waals surface area (Å²) in [5.41, 5.74) is 0.510. The van der Waals surface area contributed by atoms with Crippen LogP contribution < -0.4 is 0 Å². The Bertz CT molecular complexity index is 549. The summed E-state index contributed by atoms with van der Waals surface area (Å²) in [6.07, 6.45) is 2.96. The van der Waals surface area contributed by atoms with Crippen LogP contribution in [0.3, 0.4) is 0 Å². The second-order valence-corrected chi connectivity index (χ2v) is 6.24. The summed E-state index contributed by atoms with van der Waals surface area (Å²) in [4.78, 5) is 27.1. The van der Waals surface area contributed by atoms with Gasteiger partial charge in [0.05, 0.1) is 6.54 Å². The fourth-order valence-corrected chi connectivity index (χ4v) is 3.02. The molecule has 1 aliphatic carbocycles. The van der Waals surface area contributed by atoms with Crippen LogP contribution in [0.25, 0.3) is 0 Å². The number of carbonyl (C=O) groups excluding carboxylic acids is 2. The van der Waals surface area contributed by atoms with Crippen molar-refractivity contribution in [3.05, 3.63) is 22.4 Å². The Hall–Kier alpha value is -1.69. The molecule has 6 heteroatoms. The van der Waals surface area contributed by atoms with Gasteiger partial charge in [-0.25, -0.2) is 5.01 Å². The molecule has 0 unspecified atom stereocenters. The van der Waals surface area contributed by atoms with Gasteiger partial charge in [-0.2, -0.15) is 5.10 Å². The molecular weight excluding hydrogens is 274 g/mol. The third-order valence-electron chi connectivity index (χ3n) is 3.61. The average molecular weight is 291 g/mol. The van der Waals surface area contributed by atoms with Crippen molar-refractivity contribution in [3.8, 4) is 0 Å². The molecule has 106 valence electrons. The van der Waals surface area contributed by atoms with Crippen LogP contribution in [0.4, 0.5) is 0 Å². The molecule has 2 heterocycles. The number of hydrogen-bond donors (Lipinski definition) is 0. The van der Waals surface area contributed by atoms with Gasteiger partial charge in [-0.1, -0.05) is 6.07 Å². The molecule has 1 aromatic heterocycles. The Morgan fingerprint density at radius 3 is 2.90 bits per heavy atom. The lowest BCUT2D eigenvalue weighted by atomic mass is 10.1. The Kier molecular flexibility index (Phi) is 3.56. The summed E-state index contributed by atoms with van der Waals surface area (Å²) < 4.78 is 0. The molecule has 0 bridgehead atoms. The summed E-state index contributed by atoms with van der Waals surface area (Å²) in [7, 11) is 1.61. The zero-order valence-corrected chi connectivity index (χ0v) is 12.2. The van der Waals surface area contributed by atoms with E-state index in [4.69, 9.17) is 0 Å². The van der Waals surface area contributed by atoms with Crippen LogP contribution in [0.15, 0.2) is 22.6 Å². The van der Waals surface area contributed by atoms with Crippen molar-refractivity contribution in [2.24, 2.45) is 5.10 Å². The zero-order chi connectivity index (χ0) is 14.1. The molecule has 20 heavy (non-hydrogen) atoms. The number of hydrogen-bond acceptors (Lipinski definition) is 4. The molecule has 0 saturated heterocycles. The number of carbonyl (C=O) groups is 2. The summed E-state index contributed by atoms with van der Waals surface area (Å²) >= 11 is 1.66. The predicted octanol–water partition coefficient (Wildman–Crippen LogP) is 1.85. The minimum absolute atomic E-state index is 0.0137. The van der Waals surface area contributed by atoms with Crippen LogP contribution in [0.1, 0.15) is 30.6 Å². The van der Waals surface area contributed by atoms with E-state index in [2.05, 4.69) is 5.10 Å². The van der Waals surface area contributed by atoms with E-state index < -0.39 is 0 Å². The van der Waals surface area contributed by atoms with E-state index in [1.54, 1.807) is 18.4 Å². The van der Waals surface area contributed by atoms with Gasteiger partial charge in [-0.15, -0.1) is 11.3 Å². The second kappa shape index (κ2) is 5.36. The Balaban J connectivity index is 1.76. The van der Waals surface area contributed by atoms with Crippen LogP contribution in [0, 0.1) is 0 Å². The minimum Gasteiger partial charge on any atom is -0.329 e. The molecule has 2 amide bonds. The van der Waals surface area contributed by atoms with Gasteiger partial charge in [0.1, 0.15) is 5.71 Å². The number of thiophene rings is 1. The highest BCUT2D eigenvalue weighted by molar-refractivity contribution is 7.09. The maximum Gasteiger partial charge on any atom is 0.270 e. The molecule has 1 fully saturated rings. The summed E-state index contributed by atoms with van der Waals surface area (Å²) in [6.45, 7) is 0.651. The van der Waals surface area contributed by atoms with E-state index >= 15 is 0 Å². The molecule has 0 spiro atoms. The molecule has 0 atom stereocenters. The first-order valence-corrected chi connectivity index (χ1v) is 7.70. The van der Waals surface area contributed by atoms with Gasteiger partial charge in [0.2, 0.25) is 5.91 Å².